The highest BCUT2D eigenvalue weighted by Gasteiger charge is 2.15. The number of esters is 1. The minimum Gasteiger partial charge on any atom is -0.465 e. The van der Waals surface area contributed by atoms with E-state index in [0.29, 0.717) is 10.6 Å². The van der Waals surface area contributed by atoms with E-state index in [1.54, 1.807) is 12.1 Å². The van der Waals surface area contributed by atoms with E-state index in [-0.39, 0.29) is 0 Å². The van der Waals surface area contributed by atoms with Crippen molar-refractivity contribution < 1.29 is 9.53 Å². The summed E-state index contributed by atoms with van der Waals surface area (Å²) >= 11 is 1.36. The van der Waals surface area contributed by atoms with Crippen LogP contribution in [0.5, 0.6) is 0 Å². The summed E-state index contributed by atoms with van der Waals surface area (Å²) in [5.41, 5.74) is 7.16. The van der Waals surface area contributed by atoms with Gasteiger partial charge in [-0.3, -0.25) is 0 Å². The first-order valence-corrected chi connectivity index (χ1v) is 5.89. The Labute approximate surface area is 105 Å². The quantitative estimate of drug-likeness (QED) is 0.658. The Balaban J connectivity index is 3.19. The summed E-state index contributed by atoms with van der Waals surface area (Å²) in [5, 5.41) is 0.464. The van der Waals surface area contributed by atoms with Crippen molar-refractivity contribution in [3.05, 3.63) is 47.4 Å². The molecule has 3 nitrogen and oxygen atoms in total. The zero-order valence-corrected chi connectivity index (χ0v) is 10.7. The van der Waals surface area contributed by atoms with Gasteiger partial charge in [0.2, 0.25) is 0 Å². The number of hydrogen-bond acceptors (Lipinski definition) is 4. The number of allylic oxidation sites excluding steroid dienone is 5. The second kappa shape index (κ2) is 6.06. The highest BCUT2D eigenvalue weighted by Crippen LogP contribution is 2.31. The molecule has 0 radical (unpaired) electrons. The van der Waals surface area contributed by atoms with Crippen molar-refractivity contribution >= 4 is 27.9 Å². The molecule has 90 valence electrons. The molecule has 2 N–H and O–H groups in total. The summed E-state index contributed by atoms with van der Waals surface area (Å²) in [6.07, 6.45) is 7.42. The summed E-state index contributed by atoms with van der Waals surface area (Å²) in [6.45, 7) is 5.59. The first kappa shape index (κ1) is 13.3. The molecule has 1 aromatic heterocycles. The number of nitrogens with two attached hydrogens (primary N) is 1. The van der Waals surface area contributed by atoms with Crippen LogP contribution in [0.1, 0.15) is 22.2 Å². The maximum Gasteiger partial charge on any atom is 0.340 e. The lowest BCUT2D eigenvalue weighted by Gasteiger charge is -1.96. The van der Waals surface area contributed by atoms with Gasteiger partial charge in [0.25, 0.3) is 0 Å². The van der Waals surface area contributed by atoms with Gasteiger partial charge in [0.05, 0.1) is 12.7 Å². The van der Waals surface area contributed by atoms with Gasteiger partial charge in [-0.1, -0.05) is 30.9 Å². The van der Waals surface area contributed by atoms with Gasteiger partial charge in [-0.15, -0.1) is 11.3 Å². The van der Waals surface area contributed by atoms with Gasteiger partial charge >= 0.3 is 5.97 Å². The highest BCUT2D eigenvalue weighted by molar-refractivity contribution is 7.17. The molecule has 0 aliphatic rings. The summed E-state index contributed by atoms with van der Waals surface area (Å²) < 4.78 is 4.66. The van der Waals surface area contributed by atoms with Gasteiger partial charge in [0.1, 0.15) is 5.00 Å². The second-order valence-electron chi connectivity index (χ2n) is 3.24. The second-order valence-corrected chi connectivity index (χ2v) is 4.32. The standard InChI is InChI=1S/C13H15NO2S/c1-4-6-9(7-5-2)11-8-10(12(14)17-11)13(15)16-3/h4-8H,1,14H2,2-3H3. The third-order valence-electron chi connectivity index (χ3n) is 2.09. The van der Waals surface area contributed by atoms with Gasteiger partial charge in [-0.05, 0) is 18.6 Å². The molecule has 0 saturated carbocycles. The Bertz CT molecular complexity index is 484. The van der Waals surface area contributed by atoms with Crippen molar-refractivity contribution in [3.8, 4) is 0 Å². The van der Waals surface area contributed by atoms with Crippen LogP contribution in [0.4, 0.5) is 5.00 Å². The molecule has 0 aliphatic carbocycles. The van der Waals surface area contributed by atoms with Gasteiger partial charge in [-0.2, -0.15) is 0 Å². The van der Waals surface area contributed by atoms with Crippen molar-refractivity contribution in [1.82, 2.24) is 0 Å². The van der Waals surface area contributed by atoms with Crippen LogP contribution in [0, 0.1) is 0 Å². The molecule has 0 bridgehead atoms. The Morgan fingerprint density at radius 1 is 1.59 bits per heavy atom. The largest absolute Gasteiger partial charge is 0.465 e. The van der Waals surface area contributed by atoms with Crippen molar-refractivity contribution in [3.63, 3.8) is 0 Å². The average Bonchev–Trinajstić information content (AvgIpc) is 2.70. The molecular formula is C13H15NO2S. The minimum absolute atomic E-state index is 0.409. The number of nitrogen functional groups attached to an aromatic ring is 1. The Hall–Kier alpha value is -1.81. The van der Waals surface area contributed by atoms with E-state index >= 15 is 0 Å². The predicted octanol–water partition coefficient (Wildman–Crippen LogP) is 3.26. The lowest BCUT2D eigenvalue weighted by Crippen LogP contribution is -2.01. The number of rotatable bonds is 4. The van der Waals surface area contributed by atoms with Crippen LogP contribution >= 0.6 is 11.3 Å². The lowest BCUT2D eigenvalue weighted by atomic mass is 10.1. The van der Waals surface area contributed by atoms with E-state index in [0.717, 1.165) is 10.5 Å². The summed E-state index contributed by atoms with van der Waals surface area (Å²) in [5.74, 6) is -0.413. The number of methoxy groups -OCH3 is 1. The summed E-state index contributed by atoms with van der Waals surface area (Å²) in [7, 11) is 1.34. The molecule has 0 saturated heterocycles. The summed E-state index contributed by atoms with van der Waals surface area (Å²) in [4.78, 5) is 12.4. The van der Waals surface area contributed by atoms with Crippen molar-refractivity contribution in [2.75, 3.05) is 12.8 Å². The van der Waals surface area contributed by atoms with E-state index in [1.165, 1.54) is 18.4 Å². The van der Waals surface area contributed by atoms with Crippen molar-refractivity contribution in [2.24, 2.45) is 0 Å². The maximum absolute atomic E-state index is 11.4. The summed E-state index contributed by atoms with van der Waals surface area (Å²) in [6, 6.07) is 1.74. The van der Waals surface area contributed by atoms with Crippen LogP contribution in [0.15, 0.2) is 36.9 Å². The molecule has 0 unspecified atom stereocenters. The van der Waals surface area contributed by atoms with Crippen molar-refractivity contribution in [2.45, 2.75) is 6.92 Å². The Morgan fingerprint density at radius 2 is 2.29 bits per heavy atom. The van der Waals surface area contributed by atoms with E-state index in [4.69, 9.17) is 5.73 Å². The fourth-order valence-corrected chi connectivity index (χ4v) is 2.26. The lowest BCUT2D eigenvalue weighted by molar-refractivity contribution is 0.0602. The number of carbonyl (C=O) groups is 1. The minimum atomic E-state index is -0.413. The van der Waals surface area contributed by atoms with Crippen LogP contribution < -0.4 is 5.73 Å². The SMILES string of the molecule is C=CC=C(C=CC)c1cc(C(=O)OC)c(N)s1. The zero-order chi connectivity index (χ0) is 12.8. The first-order valence-electron chi connectivity index (χ1n) is 5.07. The van der Waals surface area contributed by atoms with Crippen LogP contribution in [0.2, 0.25) is 0 Å². The molecule has 1 heterocycles. The number of thiophene rings is 1. The normalized spacial score (nSPS) is 11.8. The fraction of sp³-hybridized carbons (Fsp3) is 0.154. The smallest absolute Gasteiger partial charge is 0.340 e. The molecule has 0 fully saturated rings. The van der Waals surface area contributed by atoms with Crippen LogP contribution in [-0.2, 0) is 4.74 Å². The third-order valence-corrected chi connectivity index (χ3v) is 3.11. The highest BCUT2D eigenvalue weighted by atomic mass is 32.1. The Morgan fingerprint density at radius 3 is 2.82 bits per heavy atom. The van der Waals surface area contributed by atoms with Crippen molar-refractivity contribution in [1.29, 1.82) is 0 Å². The molecule has 0 aliphatic heterocycles. The van der Waals surface area contributed by atoms with E-state index < -0.39 is 5.97 Å². The maximum atomic E-state index is 11.4. The zero-order valence-electron chi connectivity index (χ0n) is 9.90. The molecule has 0 aromatic carbocycles. The molecule has 4 heteroatoms. The third kappa shape index (κ3) is 3.07. The van der Waals surface area contributed by atoms with E-state index in [1.807, 2.05) is 25.2 Å². The number of carbonyl (C=O) groups excluding carboxylic acids is 1. The molecule has 0 spiro atoms. The number of anilines is 1. The molecule has 1 rings (SSSR count). The Kier molecular flexibility index (Phi) is 4.72. The predicted molar refractivity (Wildman–Crippen MR) is 73.1 cm³/mol. The van der Waals surface area contributed by atoms with Gasteiger partial charge in [-0.25, -0.2) is 4.79 Å². The molecule has 1 aromatic rings. The van der Waals surface area contributed by atoms with Gasteiger partial charge < -0.3 is 10.5 Å². The van der Waals surface area contributed by atoms with Gasteiger partial charge in [0.15, 0.2) is 0 Å². The molecule has 17 heavy (non-hydrogen) atoms. The van der Waals surface area contributed by atoms with E-state index in [2.05, 4.69) is 11.3 Å². The van der Waals surface area contributed by atoms with Crippen LogP contribution in [0.25, 0.3) is 5.57 Å². The fourth-order valence-electron chi connectivity index (χ4n) is 1.34. The first-order chi connectivity index (χ1) is 8.13. The number of hydrogen-bond donors (Lipinski definition) is 1. The molecular weight excluding hydrogens is 234 g/mol. The molecule has 0 amide bonds. The van der Waals surface area contributed by atoms with Crippen LogP contribution in [0.3, 0.4) is 0 Å². The number of ether oxygens (including phenoxy) is 1. The van der Waals surface area contributed by atoms with E-state index in [9.17, 15) is 4.79 Å². The average molecular weight is 249 g/mol. The van der Waals surface area contributed by atoms with Gasteiger partial charge in [0, 0.05) is 4.88 Å². The topological polar surface area (TPSA) is 52.3 Å². The van der Waals surface area contributed by atoms with Crippen LogP contribution in [-0.4, -0.2) is 13.1 Å². The molecule has 0 atom stereocenters. The monoisotopic (exact) mass is 249 g/mol.